The number of benzene rings is 1. The molecule has 14 heavy (non-hydrogen) atoms. The summed E-state index contributed by atoms with van der Waals surface area (Å²) in [5.74, 6) is -0.989. The lowest BCUT2D eigenvalue weighted by atomic mass is 10.0. The average molecular weight is 194 g/mol. The molecule has 3 heteroatoms. The van der Waals surface area contributed by atoms with Gasteiger partial charge >= 0.3 is 5.97 Å². The molecule has 0 radical (unpaired) electrons. The second kappa shape index (κ2) is 4.77. The summed E-state index contributed by atoms with van der Waals surface area (Å²) in [4.78, 5) is 10.3. The van der Waals surface area contributed by atoms with E-state index in [1.807, 2.05) is 19.1 Å². The number of carboxylic acid groups (broad SMARTS) is 1. The van der Waals surface area contributed by atoms with E-state index in [2.05, 4.69) is 0 Å². The van der Waals surface area contributed by atoms with Crippen LogP contribution >= 0.6 is 0 Å². The highest BCUT2D eigenvalue weighted by atomic mass is 16.4. The van der Waals surface area contributed by atoms with Crippen LogP contribution in [0.25, 0.3) is 0 Å². The molecule has 1 rings (SSSR count). The number of aliphatic hydroxyl groups excluding tert-OH is 1. The van der Waals surface area contributed by atoms with Crippen molar-refractivity contribution in [2.75, 3.05) is 0 Å². The Morgan fingerprint density at radius 1 is 1.36 bits per heavy atom. The van der Waals surface area contributed by atoms with E-state index >= 15 is 0 Å². The molecule has 0 unspecified atom stereocenters. The fourth-order valence-corrected chi connectivity index (χ4v) is 1.26. The maximum absolute atomic E-state index is 10.3. The molecule has 0 bridgehead atoms. The third-order valence-corrected chi connectivity index (χ3v) is 2.14. The van der Waals surface area contributed by atoms with Gasteiger partial charge in [-0.1, -0.05) is 31.2 Å². The second-order valence-electron chi connectivity index (χ2n) is 3.21. The van der Waals surface area contributed by atoms with Crippen LogP contribution < -0.4 is 0 Å². The van der Waals surface area contributed by atoms with Crippen molar-refractivity contribution in [1.82, 2.24) is 0 Å². The second-order valence-corrected chi connectivity index (χ2v) is 3.21. The van der Waals surface area contributed by atoms with Gasteiger partial charge in [-0.25, -0.2) is 0 Å². The Morgan fingerprint density at radius 2 is 1.93 bits per heavy atom. The summed E-state index contributed by atoms with van der Waals surface area (Å²) in [6, 6.07) is 7.35. The molecule has 0 aliphatic carbocycles. The Hall–Kier alpha value is -1.35. The average Bonchev–Trinajstić information content (AvgIpc) is 2.17. The van der Waals surface area contributed by atoms with E-state index in [0.29, 0.717) is 5.56 Å². The lowest BCUT2D eigenvalue weighted by molar-refractivity contribution is -0.139. The van der Waals surface area contributed by atoms with Gasteiger partial charge in [0.1, 0.15) is 0 Å². The lowest BCUT2D eigenvalue weighted by Crippen LogP contribution is -2.05. The molecule has 0 amide bonds. The minimum absolute atomic E-state index is 0.245. The first-order valence-corrected chi connectivity index (χ1v) is 4.62. The first kappa shape index (κ1) is 10.7. The summed E-state index contributed by atoms with van der Waals surface area (Å²) < 4.78 is 0. The quantitative estimate of drug-likeness (QED) is 0.767. The normalized spacial score (nSPS) is 12.4. The van der Waals surface area contributed by atoms with Crippen molar-refractivity contribution in [3.05, 3.63) is 35.4 Å². The minimum atomic E-state index is -0.989. The van der Waals surface area contributed by atoms with E-state index in [4.69, 9.17) is 5.11 Å². The van der Waals surface area contributed by atoms with E-state index < -0.39 is 12.1 Å². The molecule has 3 nitrogen and oxygen atoms in total. The van der Waals surface area contributed by atoms with Crippen LogP contribution in [0.4, 0.5) is 0 Å². The van der Waals surface area contributed by atoms with Crippen LogP contribution in [-0.2, 0) is 11.2 Å². The molecule has 0 heterocycles. The van der Waals surface area contributed by atoms with Gasteiger partial charge in [-0.2, -0.15) is 0 Å². The number of carbonyl (C=O) groups is 1. The van der Waals surface area contributed by atoms with Gasteiger partial charge in [-0.05, 0) is 17.5 Å². The monoisotopic (exact) mass is 194 g/mol. The van der Waals surface area contributed by atoms with Gasteiger partial charge in [-0.15, -0.1) is 0 Å². The van der Waals surface area contributed by atoms with Crippen LogP contribution in [0.2, 0.25) is 0 Å². The summed E-state index contributed by atoms with van der Waals surface area (Å²) >= 11 is 0. The smallest absolute Gasteiger partial charge is 0.306 e. The van der Waals surface area contributed by atoms with E-state index in [-0.39, 0.29) is 6.42 Å². The first-order valence-electron chi connectivity index (χ1n) is 4.62. The number of hydrogen-bond donors (Lipinski definition) is 2. The summed E-state index contributed by atoms with van der Waals surface area (Å²) in [5, 5.41) is 18.0. The van der Waals surface area contributed by atoms with E-state index in [9.17, 15) is 9.90 Å². The van der Waals surface area contributed by atoms with Crippen molar-refractivity contribution in [1.29, 1.82) is 0 Å². The minimum Gasteiger partial charge on any atom is -0.481 e. The lowest BCUT2D eigenvalue weighted by Gasteiger charge is -2.08. The van der Waals surface area contributed by atoms with Crippen molar-refractivity contribution in [2.45, 2.75) is 25.9 Å². The molecule has 0 aliphatic rings. The predicted molar refractivity (Wildman–Crippen MR) is 53.0 cm³/mol. The molecule has 76 valence electrons. The SMILES string of the molecule is CCc1ccc([C@@H](O)CC(=O)O)cc1. The van der Waals surface area contributed by atoms with Crippen LogP contribution in [0.15, 0.2) is 24.3 Å². The van der Waals surface area contributed by atoms with Gasteiger partial charge < -0.3 is 10.2 Å². The number of rotatable bonds is 4. The molecule has 0 saturated heterocycles. The molecule has 1 atom stereocenters. The number of aryl methyl sites for hydroxylation is 1. The Bertz CT molecular complexity index is 303. The molecule has 0 aliphatic heterocycles. The Balaban J connectivity index is 2.71. The van der Waals surface area contributed by atoms with Crippen molar-refractivity contribution < 1.29 is 15.0 Å². The maximum Gasteiger partial charge on any atom is 0.306 e. The third kappa shape index (κ3) is 2.85. The van der Waals surface area contributed by atoms with Crippen LogP contribution in [0.1, 0.15) is 30.6 Å². The van der Waals surface area contributed by atoms with E-state index in [0.717, 1.165) is 6.42 Å². The van der Waals surface area contributed by atoms with Gasteiger partial charge in [-0.3, -0.25) is 4.79 Å². The number of aliphatic carboxylic acids is 1. The van der Waals surface area contributed by atoms with Gasteiger partial charge in [0.05, 0.1) is 12.5 Å². The highest BCUT2D eigenvalue weighted by Gasteiger charge is 2.11. The molecular formula is C11H14O3. The highest BCUT2D eigenvalue weighted by Crippen LogP contribution is 2.17. The Labute approximate surface area is 83.0 Å². The summed E-state index contributed by atoms with van der Waals surface area (Å²) in [6.45, 7) is 2.04. The molecule has 0 spiro atoms. The topological polar surface area (TPSA) is 57.5 Å². The molecular weight excluding hydrogens is 180 g/mol. The van der Waals surface area contributed by atoms with Gasteiger partial charge in [0.25, 0.3) is 0 Å². The summed E-state index contributed by atoms with van der Waals surface area (Å²) in [6.07, 6.45) is -0.209. The number of hydrogen-bond acceptors (Lipinski definition) is 2. The molecule has 0 fully saturated rings. The van der Waals surface area contributed by atoms with Gasteiger partial charge in [0.2, 0.25) is 0 Å². The van der Waals surface area contributed by atoms with Crippen molar-refractivity contribution in [3.8, 4) is 0 Å². The van der Waals surface area contributed by atoms with Gasteiger partial charge in [0, 0.05) is 0 Å². The zero-order valence-electron chi connectivity index (χ0n) is 8.10. The van der Waals surface area contributed by atoms with Crippen LogP contribution in [0.3, 0.4) is 0 Å². The fraction of sp³-hybridized carbons (Fsp3) is 0.364. The highest BCUT2D eigenvalue weighted by molar-refractivity contribution is 5.67. The van der Waals surface area contributed by atoms with Crippen LogP contribution in [-0.4, -0.2) is 16.2 Å². The molecule has 0 saturated carbocycles. The van der Waals surface area contributed by atoms with Crippen molar-refractivity contribution in [3.63, 3.8) is 0 Å². The number of aliphatic hydroxyl groups is 1. The Morgan fingerprint density at radius 3 is 2.36 bits per heavy atom. The van der Waals surface area contributed by atoms with Gasteiger partial charge in [0.15, 0.2) is 0 Å². The summed E-state index contributed by atoms with van der Waals surface area (Å²) in [5.41, 5.74) is 1.83. The molecule has 1 aromatic carbocycles. The largest absolute Gasteiger partial charge is 0.481 e. The molecule has 0 aromatic heterocycles. The number of carboxylic acids is 1. The molecule has 1 aromatic rings. The summed E-state index contributed by atoms with van der Waals surface area (Å²) in [7, 11) is 0. The fourth-order valence-electron chi connectivity index (χ4n) is 1.26. The molecule has 2 N–H and O–H groups in total. The third-order valence-electron chi connectivity index (χ3n) is 2.14. The zero-order chi connectivity index (χ0) is 10.6. The standard InChI is InChI=1S/C11H14O3/c1-2-8-3-5-9(6-4-8)10(12)7-11(13)14/h3-6,10,12H,2,7H2,1H3,(H,13,14)/t10-/m0/s1. The maximum atomic E-state index is 10.3. The van der Waals surface area contributed by atoms with Crippen molar-refractivity contribution in [2.24, 2.45) is 0 Å². The zero-order valence-corrected chi connectivity index (χ0v) is 8.10. The van der Waals surface area contributed by atoms with Crippen LogP contribution in [0, 0.1) is 0 Å². The van der Waals surface area contributed by atoms with E-state index in [1.165, 1.54) is 5.56 Å². The Kier molecular flexibility index (Phi) is 3.65. The van der Waals surface area contributed by atoms with Crippen LogP contribution in [0.5, 0.6) is 0 Å². The first-order chi connectivity index (χ1) is 6.63. The van der Waals surface area contributed by atoms with Crippen molar-refractivity contribution >= 4 is 5.97 Å². The predicted octanol–water partition coefficient (Wildman–Crippen LogP) is 1.76. The van der Waals surface area contributed by atoms with E-state index in [1.54, 1.807) is 12.1 Å².